The van der Waals surface area contributed by atoms with E-state index in [1.807, 2.05) is 51.1 Å². The van der Waals surface area contributed by atoms with Crippen LogP contribution < -0.4 is 10.1 Å². The lowest BCUT2D eigenvalue weighted by Gasteiger charge is -2.11. The second-order valence-corrected chi connectivity index (χ2v) is 7.89. The second kappa shape index (κ2) is 11.1. The number of nitrogens with one attached hydrogen (secondary N) is 1. The predicted octanol–water partition coefficient (Wildman–Crippen LogP) is 5.55. The van der Waals surface area contributed by atoms with Gasteiger partial charge >= 0.3 is 5.97 Å². The molecule has 0 aromatic heterocycles. The molecule has 1 N–H and O–H groups in total. The minimum absolute atomic E-state index is 0.0434. The summed E-state index contributed by atoms with van der Waals surface area (Å²) in [4.78, 5) is 36.1. The molecule has 6 nitrogen and oxygen atoms in total. The highest BCUT2D eigenvalue weighted by molar-refractivity contribution is 5.98. The van der Waals surface area contributed by atoms with Crippen LogP contribution in [0, 0.1) is 20.8 Å². The Morgan fingerprint density at radius 3 is 2.15 bits per heavy atom. The molecular formula is C27H27NO5. The van der Waals surface area contributed by atoms with Crippen LogP contribution in [0.2, 0.25) is 0 Å². The number of hydrogen-bond acceptors (Lipinski definition) is 5. The Hall–Kier alpha value is -3.93. The van der Waals surface area contributed by atoms with Gasteiger partial charge < -0.3 is 14.8 Å². The molecule has 0 atom stereocenters. The summed E-state index contributed by atoms with van der Waals surface area (Å²) >= 11 is 0. The van der Waals surface area contributed by atoms with E-state index in [-0.39, 0.29) is 31.1 Å². The van der Waals surface area contributed by atoms with Crippen LogP contribution >= 0.6 is 0 Å². The Morgan fingerprint density at radius 1 is 0.788 bits per heavy atom. The smallest absolute Gasteiger partial charge is 0.306 e. The summed E-state index contributed by atoms with van der Waals surface area (Å²) in [5.74, 6) is 0.244. The van der Waals surface area contributed by atoms with Crippen molar-refractivity contribution in [1.29, 1.82) is 0 Å². The monoisotopic (exact) mass is 445 g/mol. The Balaban J connectivity index is 1.42. The van der Waals surface area contributed by atoms with Crippen LogP contribution in [0.3, 0.4) is 0 Å². The maximum Gasteiger partial charge on any atom is 0.306 e. The molecule has 0 aliphatic rings. The number of carbonyl (C=O) groups excluding carboxylic acids is 3. The van der Waals surface area contributed by atoms with Crippen LogP contribution in [-0.2, 0) is 14.3 Å². The molecular weight excluding hydrogens is 418 g/mol. The molecule has 3 aromatic carbocycles. The van der Waals surface area contributed by atoms with Crippen molar-refractivity contribution < 1.29 is 23.9 Å². The van der Waals surface area contributed by atoms with Crippen LogP contribution in [0.1, 0.15) is 39.9 Å². The molecule has 0 unspecified atom stereocenters. The number of Topliss-reactive ketones (excluding diaryl/α,β-unsaturated/α-hetero) is 1. The molecule has 0 fully saturated rings. The summed E-state index contributed by atoms with van der Waals surface area (Å²) in [6.45, 7) is 5.56. The van der Waals surface area contributed by atoms with Crippen molar-refractivity contribution >= 4 is 23.3 Å². The van der Waals surface area contributed by atoms with Crippen LogP contribution in [0.4, 0.5) is 5.69 Å². The average Bonchev–Trinajstić information content (AvgIpc) is 2.80. The first kappa shape index (κ1) is 23.7. The van der Waals surface area contributed by atoms with Crippen LogP contribution in [-0.4, -0.2) is 24.3 Å². The van der Waals surface area contributed by atoms with E-state index in [1.165, 1.54) is 0 Å². The number of benzene rings is 3. The van der Waals surface area contributed by atoms with E-state index < -0.39 is 5.97 Å². The molecule has 0 aliphatic carbocycles. The molecule has 6 heteroatoms. The van der Waals surface area contributed by atoms with Gasteiger partial charge in [-0.3, -0.25) is 14.4 Å². The minimum Gasteiger partial charge on any atom is -0.457 e. The Morgan fingerprint density at radius 2 is 1.45 bits per heavy atom. The number of esters is 1. The standard InChI is InChI=1S/C27H27NO5/c1-18-5-8-21(9-6-18)24(29)17-32-27(31)15-14-26(30)28-22-10-12-23(13-11-22)33-25-16-19(2)4-7-20(25)3/h4-13,16H,14-15,17H2,1-3H3,(H,28,30). The minimum atomic E-state index is -0.595. The highest BCUT2D eigenvalue weighted by Crippen LogP contribution is 2.27. The van der Waals surface area contributed by atoms with Crippen molar-refractivity contribution in [2.75, 3.05) is 11.9 Å². The van der Waals surface area contributed by atoms with E-state index in [0.29, 0.717) is 17.0 Å². The third kappa shape index (κ3) is 7.31. The van der Waals surface area contributed by atoms with Crippen molar-refractivity contribution in [2.24, 2.45) is 0 Å². The highest BCUT2D eigenvalue weighted by Gasteiger charge is 2.12. The molecule has 0 spiro atoms. The van der Waals surface area contributed by atoms with E-state index in [0.717, 1.165) is 22.4 Å². The number of rotatable bonds is 9. The fraction of sp³-hybridized carbons (Fsp3) is 0.222. The van der Waals surface area contributed by atoms with Gasteiger partial charge in [-0.05, 0) is 62.2 Å². The van der Waals surface area contributed by atoms with Crippen LogP contribution in [0.25, 0.3) is 0 Å². The maximum absolute atomic E-state index is 12.1. The van der Waals surface area contributed by atoms with Crippen molar-refractivity contribution in [3.63, 3.8) is 0 Å². The SMILES string of the molecule is Cc1ccc(C(=O)COC(=O)CCC(=O)Nc2ccc(Oc3cc(C)ccc3C)cc2)cc1. The van der Waals surface area contributed by atoms with E-state index in [2.05, 4.69) is 5.32 Å². The third-order valence-electron chi connectivity index (χ3n) is 5.00. The number of ketones is 1. The molecule has 33 heavy (non-hydrogen) atoms. The highest BCUT2D eigenvalue weighted by atomic mass is 16.5. The fourth-order valence-corrected chi connectivity index (χ4v) is 3.03. The number of aryl methyl sites for hydroxylation is 3. The Kier molecular flexibility index (Phi) is 7.97. The summed E-state index contributed by atoms with van der Waals surface area (Å²) in [6, 6.07) is 20.0. The molecule has 3 rings (SSSR count). The molecule has 0 bridgehead atoms. The first-order chi connectivity index (χ1) is 15.8. The lowest BCUT2D eigenvalue weighted by Crippen LogP contribution is -2.17. The van der Waals surface area contributed by atoms with E-state index in [1.54, 1.807) is 36.4 Å². The summed E-state index contributed by atoms with van der Waals surface area (Å²) < 4.78 is 10.9. The normalized spacial score (nSPS) is 10.4. The molecule has 3 aromatic rings. The van der Waals surface area contributed by atoms with Gasteiger partial charge in [0.1, 0.15) is 11.5 Å². The zero-order chi connectivity index (χ0) is 23.8. The number of hydrogen-bond donors (Lipinski definition) is 1. The quantitative estimate of drug-likeness (QED) is 0.345. The van der Waals surface area contributed by atoms with Crippen LogP contribution in [0.5, 0.6) is 11.5 Å². The molecule has 0 heterocycles. The van der Waals surface area contributed by atoms with Gasteiger partial charge in [0.05, 0.1) is 6.42 Å². The van der Waals surface area contributed by atoms with Gasteiger partial charge in [-0.15, -0.1) is 0 Å². The van der Waals surface area contributed by atoms with Gasteiger partial charge in [0.2, 0.25) is 5.91 Å². The first-order valence-electron chi connectivity index (χ1n) is 10.7. The molecule has 0 saturated carbocycles. The molecule has 0 aliphatic heterocycles. The molecule has 0 saturated heterocycles. The number of amides is 1. The van der Waals surface area contributed by atoms with Crippen molar-refractivity contribution in [2.45, 2.75) is 33.6 Å². The molecule has 170 valence electrons. The summed E-state index contributed by atoms with van der Waals surface area (Å²) in [7, 11) is 0. The number of carbonyl (C=O) groups is 3. The second-order valence-electron chi connectivity index (χ2n) is 7.89. The lowest BCUT2D eigenvalue weighted by atomic mass is 10.1. The molecule has 1 amide bonds. The molecule has 0 radical (unpaired) electrons. The summed E-state index contributed by atoms with van der Waals surface area (Å²) in [6.07, 6.45) is -0.154. The maximum atomic E-state index is 12.1. The zero-order valence-corrected chi connectivity index (χ0v) is 19.0. The largest absolute Gasteiger partial charge is 0.457 e. The third-order valence-corrected chi connectivity index (χ3v) is 5.00. The fourth-order valence-electron chi connectivity index (χ4n) is 3.03. The van der Waals surface area contributed by atoms with Gasteiger partial charge in [-0.25, -0.2) is 0 Å². The number of ether oxygens (including phenoxy) is 2. The Bertz CT molecular complexity index is 1130. The van der Waals surface area contributed by atoms with Crippen molar-refractivity contribution in [3.05, 3.63) is 89.0 Å². The average molecular weight is 446 g/mol. The van der Waals surface area contributed by atoms with Crippen LogP contribution in [0.15, 0.2) is 66.7 Å². The van der Waals surface area contributed by atoms with Crippen molar-refractivity contribution in [3.8, 4) is 11.5 Å². The number of anilines is 1. The van der Waals surface area contributed by atoms with Gasteiger partial charge in [0, 0.05) is 17.7 Å². The van der Waals surface area contributed by atoms with Gasteiger partial charge in [0.15, 0.2) is 12.4 Å². The van der Waals surface area contributed by atoms with E-state index >= 15 is 0 Å². The predicted molar refractivity (Wildman–Crippen MR) is 127 cm³/mol. The summed E-state index contributed by atoms with van der Waals surface area (Å²) in [5, 5.41) is 2.74. The first-order valence-corrected chi connectivity index (χ1v) is 10.7. The Labute approximate surface area is 193 Å². The summed E-state index contributed by atoms with van der Waals surface area (Å²) in [5.41, 5.74) is 4.26. The van der Waals surface area contributed by atoms with Crippen molar-refractivity contribution in [1.82, 2.24) is 0 Å². The van der Waals surface area contributed by atoms with E-state index in [4.69, 9.17) is 9.47 Å². The van der Waals surface area contributed by atoms with Gasteiger partial charge in [0.25, 0.3) is 0 Å². The van der Waals surface area contributed by atoms with Gasteiger partial charge in [-0.1, -0.05) is 42.0 Å². The topological polar surface area (TPSA) is 81.7 Å². The van der Waals surface area contributed by atoms with E-state index in [9.17, 15) is 14.4 Å². The lowest BCUT2D eigenvalue weighted by molar-refractivity contribution is -0.143. The zero-order valence-electron chi connectivity index (χ0n) is 19.0. The van der Waals surface area contributed by atoms with Gasteiger partial charge in [-0.2, -0.15) is 0 Å².